The number of hydrogen-bond donors (Lipinski definition) is 2. The van der Waals surface area contributed by atoms with Gasteiger partial charge >= 0.3 is 0 Å². The van der Waals surface area contributed by atoms with Crippen molar-refractivity contribution in [3.8, 4) is 11.3 Å². The molecule has 1 aromatic heterocycles. The zero-order valence-corrected chi connectivity index (χ0v) is 11.7. The SMILES string of the molecule is CC(=O)Nc1ccc(-c2n[nH]c(C)c2I)cc1. The summed E-state index contributed by atoms with van der Waals surface area (Å²) < 4.78 is 1.12. The van der Waals surface area contributed by atoms with Crippen LogP contribution in [-0.4, -0.2) is 16.1 Å². The van der Waals surface area contributed by atoms with E-state index < -0.39 is 0 Å². The average molecular weight is 341 g/mol. The number of nitrogens with one attached hydrogen (secondary N) is 2. The second-order valence-corrected chi connectivity index (χ2v) is 4.85. The minimum Gasteiger partial charge on any atom is -0.326 e. The fraction of sp³-hybridized carbons (Fsp3) is 0.167. The first kappa shape index (κ1) is 12.1. The van der Waals surface area contributed by atoms with E-state index in [4.69, 9.17) is 0 Å². The molecule has 0 aliphatic carbocycles. The van der Waals surface area contributed by atoms with E-state index in [2.05, 4.69) is 38.1 Å². The van der Waals surface area contributed by atoms with Crippen molar-refractivity contribution >= 4 is 34.2 Å². The third kappa shape index (κ3) is 2.66. The Morgan fingerprint density at radius 3 is 2.47 bits per heavy atom. The minimum atomic E-state index is -0.0667. The molecule has 4 nitrogen and oxygen atoms in total. The van der Waals surface area contributed by atoms with Crippen LogP contribution in [0, 0.1) is 10.5 Å². The van der Waals surface area contributed by atoms with E-state index in [0.29, 0.717) is 0 Å². The lowest BCUT2D eigenvalue weighted by Gasteiger charge is -2.03. The molecule has 0 spiro atoms. The number of benzene rings is 1. The standard InChI is InChI=1S/C12H12IN3O/c1-7-11(13)12(16-15-7)9-3-5-10(6-4-9)14-8(2)17/h3-6H,1-2H3,(H,14,17)(H,15,16). The van der Waals surface area contributed by atoms with Crippen molar-refractivity contribution in [3.05, 3.63) is 33.5 Å². The Morgan fingerprint density at radius 2 is 2.00 bits per heavy atom. The van der Waals surface area contributed by atoms with Crippen molar-refractivity contribution in [1.82, 2.24) is 10.2 Å². The molecule has 1 heterocycles. The zero-order valence-electron chi connectivity index (χ0n) is 9.54. The number of anilines is 1. The van der Waals surface area contributed by atoms with Crippen molar-refractivity contribution in [3.63, 3.8) is 0 Å². The largest absolute Gasteiger partial charge is 0.326 e. The van der Waals surface area contributed by atoms with Crippen LogP contribution in [0.1, 0.15) is 12.6 Å². The summed E-state index contributed by atoms with van der Waals surface area (Å²) in [7, 11) is 0. The second-order valence-electron chi connectivity index (χ2n) is 3.77. The molecule has 0 fully saturated rings. The number of hydrogen-bond acceptors (Lipinski definition) is 2. The number of H-pyrrole nitrogens is 1. The van der Waals surface area contributed by atoms with Gasteiger partial charge in [0, 0.05) is 23.9 Å². The highest BCUT2D eigenvalue weighted by molar-refractivity contribution is 14.1. The van der Waals surface area contributed by atoms with Gasteiger partial charge < -0.3 is 5.32 Å². The summed E-state index contributed by atoms with van der Waals surface area (Å²) in [6.45, 7) is 3.48. The van der Waals surface area contributed by atoms with E-state index in [1.54, 1.807) is 0 Å². The van der Waals surface area contributed by atoms with Gasteiger partial charge in [0.25, 0.3) is 0 Å². The van der Waals surface area contributed by atoms with Crippen molar-refractivity contribution in [2.75, 3.05) is 5.32 Å². The summed E-state index contributed by atoms with van der Waals surface area (Å²) in [4.78, 5) is 10.9. The van der Waals surface area contributed by atoms with Crippen molar-refractivity contribution in [2.24, 2.45) is 0 Å². The van der Waals surface area contributed by atoms with Crippen LogP contribution >= 0.6 is 22.6 Å². The van der Waals surface area contributed by atoms with E-state index in [0.717, 1.165) is 26.2 Å². The molecule has 0 bridgehead atoms. The third-order valence-electron chi connectivity index (χ3n) is 2.35. The van der Waals surface area contributed by atoms with Gasteiger partial charge in [0.2, 0.25) is 5.91 Å². The first-order valence-electron chi connectivity index (χ1n) is 5.16. The lowest BCUT2D eigenvalue weighted by atomic mass is 10.1. The summed E-state index contributed by atoms with van der Waals surface area (Å²) in [6, 6.07) is 7.64. The summed E-state index contributed by atoms with van der Waals surface area (Å²) in [5.41, 5.74) is 3.83. The van der Waals surface area contributed by atoms with E-state index >= 15 is 0 Å². The Bertz CT molecular complexity index is 545. The normalized spacial score (nSPS) is 10.3. The molecule has 0 aliphatic rings. The van der Waals surface area contributed by atoms with Crippen LogP contribution in [0.15, 0.2) is 24.3 Å². The first-order valence-corrected chi connectivity index (χ1v) is 6.24. The minimum absolute atomic E-state index is 0.0667. The van der Waals surface area contributed by atoms with Gasteiger partial charge in [-0.3, -0.25) is 9.89 Å². The highest BCUT2D eigenvalue weighted by Crippen LogP contribution is 2.25. The Hall–Kier alpha value is -1.37. The number of amides is 1. The predicted octanol–water partition coefficient (Wildman–Crippen LogP) is 2.95. The molecule has 2 N–H and O–H groups in total. The van der Waals surface area contributed by atoms with Gasteiger partial charge in [0.15, 0.2) is 0 Å². The van der Waals surface area contributed by atoms with Crippen LogP contribution < -0.4 is 5.32 Å². The molecule has 5 heteroatoms. The van der Waals surface area contributed by atoms with E-state index in [-0.39, 0.29) is 5.91 Å². The number of aromatic nitrogens is 2. The van der Waals surface area contributed by atoms with Gasteiger partial charge in [-0.15, -0.1) is 0 Å². The number of aromatic amines is 1. The molecular weight excluding hydrogens is 329 g/mol. The lowest BCUT2D eigenvalue weighted by Crippen LogP contribution is -2.05. The van der Waals surface area contributed by atoms with Gasteiger partial charge in [-0.25, -0.2) is 0 Å². The van der Waals surface area contributed by atoms with E-state index in [1.165, 1.54) is 6.92 Å². The maximum absolute atomic E-state index is 10.9. The molecule has 0 atom stereocenters. The van der Waals surface area contributed by atoms with Gasteiger partial charge in [0.05, 0.1) is 3.57 Å². The third-order valence-corrected chi connectivity index (χ3v) is 3.67. The number of nitrogens with zero attached hydrogens (tertiary/aromatic N) is 1. The summed E-state index contributed by atoms with van der Waals surface area (Å²) in [6.07, 6.45) is 0. The Balaban J connectivity index is 2.29. The molecule has 17 heavy (non-hydrogen) atoms. The quantitative estimate of drug-likeness (QED) is 0.826. The number of aryl methyl sites for hydroxylation is 1. The second kappa shape index (κ2) is 4.87. The molecule has 2 aromatic rings. The molecule has 0 saturated carbocycles. The van der Waals surface area contributed by atoms with Gasteiger partial charge in [-0.2, -0.15) is 5.10 Å². The monoisotopic (exact) mass is 341 g/mol. The number of halogens is 1. The Kier molecular flexibility index (Phi) is 3.46. The number of rotatable bonds is 2. The maximum Gasteiger partial charge on any atom is 0.221 e. The highest BCUT2D eigenvalue weighted by Gasteiger charge is 2.09. The fourth-order valence-corrected chi connectivity index (χ4v) is 2.07. The van der Waals surface area contributed by atoms with Gasteiger partial charge in [0.1, 0.15) is 5.69 Å². The molecule has 1 aromatic carbocycles. The first-order chi connectivity index (χ1) is 8.08. The van der Waals surface area contributed by atoms with Crippen LogP contribution in [0.3, 0.4) is 0 Å². The smallest absolute Gasteiger partial charge is 0.221 e. The van der Waals surface area contributed by atoms with Gasteiger partial charge in [-0.1, -0.05) is 12.1 Å². The van der Waals surface area contributed by atoms with Crippen molar-refractivity contribution < 1.29 is 4.79 Å². The Labute approximate surface area is 113 Å². The number of carbonyl (C=O) groups is 1. The van der Waals surface area contributed by atoms with Crippen molar-refractivity contribution in [2.45, 2.75) is 13.8 Å². The molecule has 88 valence electrons. The van der Waals surface area contributed by atoms with Crippen LogP contribution in [0.4, 0.5) is 5.69 Å². The molecule has 0 unspecified atom stereocenters. The van der Waals surface area contributed by atoms with Crippen molar-refractivity contribution in [1.29, 1.82) is 0 Å². The average Bonchev–Trinajstić information content (AvgIpc) is 2.60. The van der Waals surface area contributed by atoms with Crippen LogP contribution in [-0.2, 0) is 4.79 Å². The van der Waals surface area contributed by atoms with E-state index in [1.807, 2.05) is 31.2 Å². The summed E-state index contributed by atoms with van der Waals surface area (Å²) in [5, 5.41) is 9.95. The Morgan fingerprint density at radius 1 is 1.35 bits per heavy atom. The summed E-state index contributed by atoms with van der Waals surface area (Å²) >= 11 is 2.27. The fourth-order valence-electron chi connectivity index (χ4n) is 1.52. The molecule has 0 saturated heterocycles. The zero-order chi connectivity index (χ0) is 12.4. The van der Waals surface area contributed by atoms with Gasteiger partial charge in [-0.05, 0) is 41.6 Å². The van der Waals surface area contributed by atoms with Crippen LogP contribution in [0.5, 0.6) is 0 Å². The topological polar surface area (TPSA) is 57.8 Å². The number of carbonyl (C=O) groups excluding carboxylic acids is 1. The molecule has 0 radical (unpaired) electrons. The molecule has 2 rings (SSSR count). The van der Waals surface area contributed by atoms with Crippen LogP contribution in [0.2, 0.25) is 0 Å². The predicted molar refractivity (Wildman–Crippen MR) is 75.8 cm³/mol. The molecule has 0 aliphatic heterocycles. The highest BCUT2D eigenvalue weighted by atomic mass is 127. The molecule has 1 amide bonds. The summed E-state index contributed by atoms with van der Waals surface area (Å²) in [5.74, 6) is -0.0667. The lowest BCUT2D eigenvalue weighted by molar-refractivity contribution is -0.114. The molecular formula is C12H12IN3O. The maximum atomic E-state index is 10.9. The van der Waals surface area contributed by atoms with E-state index in [9.17, 15) is 4.79 Å². The van der Waals surface area contributed by atoms with Crippen LogP contribution in [0.25, 0.3) is 11.3 Å².